The number of ether oxygens (including phenoxy) is 1. The number of hydrogen-bond donors (Lipinski definition) is 0. The largest absolute Gasteiger partial charge is 0.497 e. The lowest BCUT2D eigenvalue weighted by Crippen LogP contribution is -2.48. The highest BCUT2D eigenvalue weighted by atomic mass is 35.5. The second-order valence-electron chi connectivity index (χ2n) is 8.18. The van der Waals surface area contributed by atoms with Gasteiger partial charge >= 0.3 is 0 Å². The molecule has 0 radical (unpaired) electrons. The minimum Gasteiger partial charge on any atom is -0.497 e. The maximum atomic E-state index is 13.1. The number of carbonyl (C=O) groups is 1. The van der Waals surface area contributed by atoms with Crippen molar-refractivity contribution in [2.75, 3.05) is 38.2 Å². The fourth-order valence-electron chi connectivity index (χ4n) is 4.16. The highest BCUT2D eigenvalue weighted by Gasteiger charge is 2.23. The molecular formula is C26H23Cl2N5O2. The monoisotopic (exact) mass is 507 g/mol. The zero-order valence-electron chi connectivity index (χ0n) is 19.1. The van der Waals surface area contributed by atoms with E-state index in [-0.39, 0.29) is 5.91 Å². The van der Waals surface area contributed by atoms with Crippen molar-refractivity contribution < 1.29 is 9.53 Å². The highest BCUT2D eigenvalue weighted by molar-refractivity contribution is 6.42. The van der Waals surface area contributed by atoms with E-state index in [0.717, 1.165) is 41.5 Å². The van der Waals surface area contributed by atoms with Crippen LogP contribution in [0.1, 0.15) is 10.4 Å². The molecule has 1 aromatic heterocycles. The lowest BCUT2D eigenvalue weighted by atomic mass is 10.1. The van der Waals surface area contributed by atoms with Gasteiger partial charge in [0.25, 0.3) is 5.91 Å². The van der Waals surface area contributed by atoms with Crippen LogP contribution in [0.3, 0.4) is 0 Å². The Balaban J connectivity index is 1.26. The maximum absolute atomic E-state index is 13.1. The van der Waals surface area contributed by atoms with Crippen molar-refractivity contribution in [1.29, 1.82) is 0 Å². The normalized spacial score (nSPS) is 13.7. The molecule has 0 N–H and O–H groups in total. The summed E-state index contributed by atoms with van der Waals surface area (Å²) in [5.74, 6) is 0.799. The Kier molecular flexibility index (Phi) is 6.61. The van der Waals surface area contributed by atoms with E-state index in [1.165, 1.54) is 0 Å². The van der Waals surface area contributed by atoms with E-state index in [4.69, 9.17) is 27.9 Å². The maximum Gasteiger partial charge on any atom is 0.253 e. The van der Waals surface area contributed by atoms with Gasteiger partial charge in [0.2, 0.25) is 0 Å². The first-order chi connectivity index (χ1) is 17.0. The smallest absolute Gasteiger partial charge is 0.253 e. The summed E-state index contributed by atoms with van der Waals surface area (Å²) in [4.78, 5) is 17.2. The molecule has 35 heavy (non-hydrogen) atoms. The summed E-state index contributed by atoms with van der Waals surface area (Å²) in [6, 6.07) is 20.8. The molecule has 1 saturated heterocycles. The summed E-state index contributed by atoms with van der Waals surface area (Å²) in [5.41, 5.74) is 4.30. The van der Waals surface area contributed by atoms with Crippen LogP contribution in [-0.4, -0.2) is 59.1 Å². The predicted molar refractivity (Wildman–Crippen MR) is 138 cm³/mol. The summed E-state index contributed by atoms with van der Waals surface area (Å²) in [6.45, 7) is 2.72. The molecule has 1 fully saturated rings. The molecule has 9 heteroatoms. The van der Waals surface area contributed by atoms with Gasteiger partial charge in [-0.05, 0) is 66.7 Å². The van der Waals surface area contributed by atoms with Crippen LogP contribution in [0.15, 0.2) is 72.9 Å². The number of anilines is 1. The van der Waals surface area contributed by atoms with Gasteiger partial charge < -0.3 is 14.5 Å². The number of carbonyl (C=O) groups excluding carboxylic acids is 1. The predicted octanol–water partition coefficient (Wildman–Crippen LogP) is 5.21. The van der Waals surface area contributed by atoms with E-state index >= 15 is 0 Å². The third-order valence-corrected chi connectivity index (χ3v) is 6.87. The zero-order chi connectivity index (χ0) is 24.4. The van der Waals surface area contributed by atoms with E-state index < -0.39 is 0 Å². The summed E-state index contributed by atoms with van der Waals surface area (Å²) >= 11 is 12.2. The van der Waals surface area contributed by atoms with Crippen molar-refractivity contribution in [3.63, 3.8) is 0 Å². The van der Waals surface area contributed by atoms with Crippen molar-refractivity contribution in [2.45, 2.75) is 0 Å². The van der Waals surface area contributed by atoms with E-state index in [9.17, 15) is 4.79 Å². The minimum atomic E-state index is 0.0132. The Hall–Kier alpha value is -3.55. The minimum absolute atomic E-state index is 0.0132. The van der Waals surface area contributed by atoms with Crippen LogP contribution in [0.4, 0.5) is 5.69 Å². The molecule has 4 aromatic rings. The number of hydrogen-bond acceptors (Lipinski definition) is 5. The van der Waals surface area contributed by atoms with Crippen molar-refractivity contribution >= 4 is 34.8 Å². The molecule has 3 aromatic carbocycles. The van der Waals surface area contributed by atoms with Crippen molar-refractivity contribution in [1.82, 2.24) is 19.9 Å². The second-order valence-corrected chi connectivity index (χ2v) is 9.00. The molecule has 178 valence electrons. The number of halogens is 2. The van der Waals surface area contributed by atoms with Crippen molar-refractivity contribution in [3.8, 4) is 22.7 Å². The average Bonchev–Trinajstić information content (AvgIpc) is 3.40. The molecule has 0 aliphatic carbocycles. The van der Waals surface area contributed by atoms with Gasteiger partial charge in [-0.15, -0.1) is 5.10 Å². The first kappa shape index (κ1) is 23.2. The molecule has 0 saturated carbocycles. The summed E-state index contributed by atoms with van der Waals surface area (Å²) in [6.07, 6.45) is 1.72. The summed E-state index contributed by atoms with van der Waals surface area (Å²) in [7, 11) is 1.64. The van der Waals surface area contributed by atoms with Crippen LogP contribution in [0, 0.1) is 0 Å². The number of amides is 1. The van der Waals surface area contributed by atoms with Gasteiger partial charge in [0.15, 0.2) is 0 Å². The number of aromatic nitrogens is 3. The fraction of sp³-hybridized carbons (Fsp3) is 0.192. The van der Waals surface area contributed by atoms with Crippen LogP contribution in [-0.2, 0) is 0 Å². The van der Waals surface area contributed by atoms with Crippen molar-refractivity contribution in [2.24, 2.45) is 0 Å². The van der Waals surface area contributed by atoms with E-state index in [1.54, 1.807) is 24.1 Å². The molecule has 1 amide bonds. The molecule has 1 aliphatic heterocycles. The Morgan fingerprint density at radius 2 is 1.54 bits per heavy atom. The molecular weight excluding hydrogens is 485 g/mol. The Morgan fingerprint density at radius 1 is 0.857 bits per heavy atom. The van der Waals surface area contributed by atoms with E-state index in [1.807, 2.05) is 65.6 Å². The first-order valence-electron chi connectivity index (χ1n) is 11.2. The van der Waals surface area contributed by atoms with Gasteiger partial charge in [-0.1, -0.05) is 28.4 Å². The average molecular weight is 508 g/mol. The molecule has 2 heterocycles. The Labute approximate surface area is 213 Å². The molecule has 0 bridgehead atoms. The van der Waals surface area contributed by atoms with Gasteiger partial charge in [0.1, 0.15) is 5.75 Å². The van der Waals surface area contributed by atoms with Crippen LogP contribution in [0.5, 0.6) is 5.75 Å². The summed E-state index contributed by atoms with van der Waals surface area (Å²) in [5, 5.41) is 9.38. The van der Waals surface area contributed by atoms with Crippen LogP contribution < -0.4 is 9.64 Å². The highest BCUT2D eigenvalue weighted by Crippen LogP contribution is 2.28. The Morgan fingerprint density at radius 3 is 2.20 bits per heavy atom. The van der Waals surface area contributed by atoms with Crippen LogP contribution in [0.25, 0.3) is 16.9 Å². The lowest BCUT2D eigenvalue weighted by molar-refractivity contribution is 0.0747. The number of methoxy groups -OCH3 is 1. The third-order valence-electron chi connectivity index (χ3n) is 6.13. The fourth-order valence-corrected chi connectivity index (χ4v) is 4.45. The SMILES string of the molecule is COc1ccc(-c2cnnn2-c2ccc(C(=O)N3CCN(c4ccc(Cl)c(Cl)c4)CC3)cc2)cc1. The lowest BCUT2D eigenvalue weighted by Gasteiger charge is -2.36. The van der Waals surface area contributed by atoms with Crippen LogP contribution >= 0.6 is 23.2 Å². The third kappa shape index (κ3) is 4.83. The van der Waals surface area contributed by atoms with Gasteiger partial charge in [0.05, 0.1) is 34.7 Å². The standard InChI is InChI=1S/C26H23Cl2N5O2/c1-35-22-9-4-18(5-10-22)25-17-29-30-33(25)20-6-2-19(3-7-20)26(34)32-14-12-31(13-15-32)21-8-11-23(27)24(28)16-21/h2-11,16-17H,12-15H2,1H3. The number of nitrogens with zero attached hydrogens (tertiary/aromatic N) is 5. The van der Waals surface area contributed by atoms with E-state index in [2.05, 4.69) is 15.2 Å². The molecule has 7 nitrogen and oxygen atoms in total. The van der Waals surface area contributed by atoms with E-state index in [0.29, 0.717) is 28.7 Å². The summed E-state index contributed by atoms with van der Waals surface area (Å²) < 4.78 is 6.99. The Bertz CT molecular complexity index is 1330. The van der Waals surface area contributed by atoms with Gasteiger partial charge in [-0.25, -0.2) is 4.68 Å². The quantitative estimate of drug-likeness (QED) is 0.370. The molecule has 0 atom stereocenters. The van der Waals surface area contributed by atoms with Gasteiger partial charge in [-0.3, -0.25) is 4.79 Å². The molecule has 0 spiro atoms. The second kappa shape index (κ2) is 9.98. The van der Waals surface area contributed by atoms with Gasteiger partial charge in [0, 0.05) is 43.0 Å². The molecule has 1 aliphatic rings. The molecule has 5 rings (SSSR count). The molecule has 0 unspecified atom stereocenters. The topological polar surface area (TPSA) is 63.5 Å². The van der Waals surface area contributed by atoms with Gasteiger partial charge in [-0.2, -0.15) is 0 Å². The first-order valence-corrected chi connectivity index (χ1v) is 11.9. The number of piperazine rings is 1. The number of rotatable bonds is 5. The van der Waals surface area contributed by atoms with Crippen molar-refractivity contribution in [3.05, 3.63) is 88.5 Å². The number of benzene rings is 3. The van der Waals surface area contributed by atoms with Crippen LogP contribution in [0.2, 0.25) is 10.0 Å². The zero-order valence-corrected chi connectivity index (χ0v) is 20.6.